The van der Waals surface area contributed by atoms with E-state index in [0.717, 1.165) is 6.42 Å². The summed E-state index contributed by atoms with van der Waals surface area (Å²) in [5.74, 6) is 6.17. The number of ether oxygens (including phenoxy) is 1. The molecule has 1 fully saturated rings. The van der Waals surface area contributed by atoms with Gasteiger partial charge in [-0.1, -0.05) is 13.8 Å². The summed E-state index contributed by atoms with van der Waals surface area (Å²) in [5.41, 5.74) is 9.17. The molecule has 1 aliphatic heterocycles. The van der Waals surface area contributed by atoms with E-state index in [-0.39, 0.29) is 17.9 Å². The normalized spacial score (nSPS) is 27.9. The molecular weight excluding hydrogens is 318 g/mol. The number of anilines is 2. The van der Waals surface area contributed by atoms with Crippen molar-refractivity contribution in [2.24, 2.45) is 11.8 Å². The summed E-state index contributed by atoms with van der Waals surface area (Å²) in [7, 11) is 0. The molecule has 4 atom stereocenters. The number of aliphatic hydroxyl groups is 1. The molecule has 0 saturated carbocycles. The quantitative estimate of drug-likeness (QED) is 0.305. The number of hydrogen-bond acceptors (Lipinski definition) is 9. The minimum absolute atomic E-state index is 0.185. The molecule has 126 valence electrons. The van der Waals surface area contributed by atoms with Crippen LogP contribution >= 0.6 is 12.6 Å². The summed E-state index contributed by atoms with van der Waals surface area (Å²) in [6.07, 6.45) is 0.852. The molecule has 2 aromatic rings. The Balaban J connectivity index is 1.98. The van der Waals surface area contributed by atoms with Gasteiger partial charge >= 0.3 is 0 Å². The molecule has 6 N–H and O–H groups in total. The highest BCUT2D eigenvalue weighted by Crippen LogP contribution is 2.37. The third-order valence-corrected chi connectivity index (χ3v) is 4.45. The summed E-state index contributed by atoms with van der Waals surface area (Å²) < 4.78 is 7.71. The van der Waals surface area contributed by atoms with Crippen LogP contribution in [0.4, 0.5) is 11.8 Å². The topological polar surface area (TPSA) is 137 Å². The van der Waals surface area contributed by atoms with E-state index in [1.165, 1.54) is 0 Å². The molecule has 0 spiro atoms. The first-order valence-electron chi connectivity index (χ1n) is 7.40. The Morgan fingerprint density at radius 3 is 2.87 bits per heavy atom. The lowest BCUT2D eigenvalue weighted by Gasteiger charge is -2.17. The van der Waals surface area contributed by atoms with Crippen molar-refractivity contribution in [3.05, 3.63) is 6.33 Å². The maximum Gasteiger partial charge on any atom is 0.241 e. The highest BCUT2D eigenvalue weighted by Gasteiger charge is 2.43. The Morgan fingerprint density at radius 1 is 1.48 bits per heavy atom. The van der Waals surface area contributed by atoms with Gasteiger partial charge in [-0.3, -0.25) is 9.99 Å². The van der Waals surface area contributed by atoms with Gasteiger partial charge in [-0.25, -0.2) is 10.8 Å². The lowest BCUT2D eigenvalue weighted by molar-refractivity contribution is -0.0262. The molecule has 10 heteroatoms. The van der Waals surface area contributed by atoms with Gasteiger partial charge in [0.05, 0.1) is 23.8 Å². The second-order valence-corrected chi connectivity index (χ2v) is 6.67. The number of nitrogen functional groups attached to an aromatic ring is 2. The molecule has 1 aliphatic rings. The minimum Gasteiger partial charge on any atom is -0.389 e. The van der Waals surface area contributed by atoms with E-state index in [9.17, 15) is 5.11 Å². The smallest absolute Gasteiger partial charge is 0.241 e. The predicted molar refractivity (Wildman–Crippen MR) is 89.7 cm³/mol. The largest absolute Gasteiger partial charge is 0.389 e. The molecule has 3 heterocycles. The Labute approximate surface area is 138 Å². The molecule has 0 bridgehead atoms. The van der Waals surface area contributed by atoms with Gasteiger partial charge in [-0.2, -0.15) is 22.6 Å². The van der Waals surface area contributed by atoms with Crippen molar-refractivity contribution in [2.45, 2.75) is 44.0 Å². The number of rotatable bonds is 4. The van der Waals surface area contributed by atoms with Crippen LogP contribution in [0.5, 0.6) is 0 Å². The molecule has 0 unspecified atom stereocenters. The standard InChI is InChI=1S/C13H21N7O2S/c1-5(2)3-6-8(21)9(23)12(22-6)20-4-16-7-10(14)17-13(19-15)18-11(7)20/h4-6,8-9,12,21,23H,3,15H2,1-2H3,(H3,14,17,18,19)/t6-,8-,9-,12-/m1/s1. The van der Waals surface area contributed by atoms with Crippen LogP contribution in [0.3, 0.4) is 0 Å². The number of thiol groups is 1. The van der Waals surface area contributed by atoms with Gasteiger partial charge in [-0.05, 0) is 12.3 Å². The lowest BCUT2D eigenvalue weighted by atomic mass is 10.0. The highest BCUT2D eigenvalue weighted by atomic mass is 32.1. The summed E-state index contributed by atoms with van der Waals surface area (Å²) in [6.45, 7) is 4.16. The van der Waals surface area contributed by atoms with Crippen molar-refractivity contribution in [2.75, 3.05) is 11.2 Å². The van der Waals surface area contributed by atoms with Crippen LogP contribution in [0.2, 0.25) is 0 Å². The maximum atomic E-state index is 10.4. The first-order valence-corrected chi connectivity index (χ1v) is 7.92. The van der Waals surface area contributed by atoms with Crippen molar-refractivity contribution in [1.29, 1.82) is 0 Å². The van der Waals surface area contributed by atoms with E-state index in [1.807, 2.05) is 0 Å². The van der Waals surface area contributed by atoms with E-state index in [4.69, 9.17) is 16.3 Å². The molecule has 0 aromatic carbocycles. The Bertz CT molecular complexity index is 707. The van der Waals surface area contributed by atoms with Crippen LogP contribution in [0.15, 0.2) is 6.33 Å². The third-order valence-electron chi connectivity index (χ3n) is 3.89. The number of nitrogens with two attached hydrogens (primary N) is 2. The van der Waals surface area contributed by atoms with Gasteiger partial charge in [0.25, 0.3) is 0 Å². The van der Waals surface area contributed by atoms with Crippen molar-refractivity contribution in [3.63, 3.8) is 0 Å². The zero-order chi connectivity index (χ0) is 16.7. The van der Waals surface area contributed by atoms with Crippen LogP contribution in [0.1, 0.15) is 26.5 Å². The number of fused-ring (bicyclic) bond motifs is 1. The monoisotopic (exact) mass is 339 g/mol. The van der Waals surface area contributed by atoms with Crippen LogP contribution in [0.25, 0.3) is 11.2 Å². The number of nitrogens with zero attached hydrogens (tertiary/aromatic N) is 4. The summed E-state index contributed by atoms with van der Waals surface area (Å²) >= 11 is 4.51. The number of nitrogens with one attached hydrogen (secondary N) is 1. The molecule has 23 heavy (non-hydrogen) atoms. The first-order chi connectivity index (χ1) is 10.9. The van der Waals surface area contributed by atoms with E-state index in [0.29, 0.717) is 17.1 Å². The van der Waals surface area contributed by atoms with Gasteiger partial charge < -0.3 is 15.6 Å². The van der Waals surface area contributed by atoms with Gasteiger partial charge in [0.15, 0.2) is 17.7 Å². The van der Waals surface area contributed by atoms with E-state index in [1.54, 1.807) is 10.9 Å². The molecule has 1 saturated heterocycles. The SMILES string of the molecule is CC(C)C[C@H]1O[C@@H](n2cnc3c(N)nc(NN)nc32)[C@H](S)[C@@H]1O. The van der Waals surface area contributed by atoms with Crippen molar-refractivity contribution < 1.29 is 9.84 Å². The maximum absolute atomic E-state index is 10.4. The Kier molecular flexibility index (Phi) is 4.32. The van der Waals surface area contributed by atoms with Crippen LogP contribution in [-0.4, -0.2) is 42.1 Å². The van der Waals surface area contributed by atoms with Crippen molar-refractivity contribution >= 4 is 35.6 Å². The fraction of sp³-hybridized carbons (Fsp3) is 0.615. The van der Waals surface area contributed by atoms with E-state index < -0.39 is 17.6 Å². The van der Waals surface area contributed by atoms with Crippen LogP contribution < -0.4 is 17.0 Å². The second-order valence-electron chi connectivity index (χ2n) is 6.08. The molecular formula is C13H21N7O2S. The second kappa shape index (κ2) is 6.11. The Hall–Kier alpha value is -1.62. The first kappa shape index (κ1) is 16.2. The zero-order valence-corrected chi connectivity index (χ0v) is 13.8. The highest BCUT2D eigenvalue weighted by molar-refractivity contribution is 7.81. The lowest BCUT2D eigenvalue weighted by Crippen LogP contribution is -2.28. The summed E-state index contributed by atoms with van der Waals surface area (Å²) in [6, 6.07) is 0. The van der Waals surface area contributed by atoms with Gasteiger partial charge in [0, 0.05) is 0 Å². The minimum atomic E-state index is -0.672. The summed E-state index contributed by atoms with van der Waals surface area (Å²) in [4.78, 5) is 12.5. The van der Waals surface area contributed by atoms with E-state index in [2.05, 4.69) is 46.9 Å². The Morgan fingerprint density at radius 2 is 2.22 bits per heavy atom. The molecule has 0 amide bonds. The number of aliphatic hydroxyl groups excluding tert-OH is 1. The average Bonchev–Trinajstić information content (AvgIpc) is 3.03. The third kappa shape index (κ3) is 2.82. The van der Waals surface area contributed by atoms with Gasteiger partial charge in [0.1, 0.15) is 5.52 Å². The number of hydrogen-bond donors (Lipinski definition) is 5. The van der Waals surface area contributed by atoms with Crippen molar-refractivity contribution in [3.8, 4) is 0 Å². The predicted octanol–water partition coefficient (Wildman–Crippen LogP) is 0.297. The summed E-state index contributed by atoms with van der Waals surface area (Å²) in [5, 5.41) is 9.98. The molecule has 0 radical (unpaired) electrons. The van der Waals surface area contributed by atoms with Crippen LogP contribution in [0, 0.1) is 5.92 Å². The zero-order valence-electron chi connectivity index (χ0n) is 12.9. The van der Waals surface area contributed by atoms with Crippen molar-refractivity contribution in [1.82, 2.24) is 19.5 Å². The molecule has 9 nitrogen and oxygen atoms in total. The van der Waals surface area contributed by atoms with Crippen LogP contribution in [-0.2, 0) is 4.74 Å². The number of aromatic nitrogens is 4. The fourth-order valence-corrected chi connectivity index (χ4v) is 3.21. The molecule has 3 rings (SSSR count). The molecule has 0 aliphatic carbocycles. The molecule has 2 aromatic heterocycles. The average molecular weight is 339 g/mol. The van der Waals surface area contributed by atoms with Gasteiger partial charge in [0.2, 0.25) is 5.95 Å². The number of hydrazine groups is 1. The number of imidazole rings is 1. The van der Waals surface area contributed by atoms with Gasteiger partial charge in [-0.15, -0.1) is 0 Å². The van der Waals surface area contributed by atoms with E-state index >= 15 is 0 Å². The fourth-order valence-electron chi connectivity index (χ4n) is 2.81.